The number of aliphatic hydroxyl groups is 1. The Labute approximate surface area is 243 Å². The predicted molar refractivity (Wildman–Crippen MR) is 155 cm³/mol. The fourth-order valence-corrected chi connectivity index (χ4v) is 4.30. The minimum atomic E-state index is -3.31. The van der Waals surface area contributed by atoms with E-state index in [0.717, 1.165) is 12.0 Å². The largest absolute Gasteiger partial charge is 0.493 e. The van der Waals surface area contributed by atoms with Gasteiger partial charge in [0.05, 0.1) is 25.2 Å². The number of ether oxygens (including phenoxy) is 3. The molecule has 0 aliphatic carbocycles. The molecular formula is C30H53N3O6. The van der Waals surface area contributed by atoms with Gasteiger partial charge in [-0.1, -0.05) is 33.8 Å². The molecule has 0 saturated carbocycles. The van der Waals surface area contributed by atoms with Gasteiger partial charge < -0.3 is 36.1 Å². The number of benzene rings is 1. The maximum Gasteiger partial charge on any atom is 0.224 e. The molecule has 1 rings (SSSR count). The normalized spacial score (nSPS) is 18.0. The van der Waals surface area contributed by atoms with Crippen molar-refractivity contribution in [1.29, 1.82) is 0 Å². The first kappa shape index (κ1) is 25.6. The number of nitrogens with one attached hydrogen (secondary N) is 1. The van der Waals surface area contributed by atoms with Crippen LogP contribution in [-0.4, -0.2) is 63.0 Å². The Hall–Kier alpha value is -2.36. The first-order chi connectivity index (χ1) is 20.7. The number of carbonyl (C=O) groups excluding carboxylic acids is 2. The standard InChI is InChI=1S/C30H53N3O6/c1-19(2)22(14-21-10-11-26(38-8)27(15-21)39-13-9-12-37-7)16-24(31)25(34)17-23(20(3)4)28(35)33-18-30(5,6)29(32)36/h10-11,15,19-20,22-25,34H,9,12-14,16-18,31H2,1-8H3,(H2,32,36)(H,33,35)/t22-,23+,24+,25+/m0/s1/i5D3,6D3. The monoisotopic (exact) mass is 557 g/mol. The summed E-state index contributed by atoms with van der Waals surface area (Å²) in [7, 11) is 3.21. The van der Waals surface area contributed by atoms with E-state index >= 15 is 0 Å². The van der Waals surface area contributed by atoms with Gasteiger partial charge in [0, 0.05) is 46.9 Å². The molecule has 39 heavy (non-hydrogen) atoms. The zero-order chi connectivity index (χ0) is 34.8. The Bertz CT molecular complexity index is 1070. The first-order valence-electron chi connectivity index (χ1n) is 16.5. The third kappa shape index (κ3) is 11.7. The summed E-state index contributed by atoms with van der Waals surface area (Å²) in [5.41, 5.74) is 9.79. The van der Waals surface area contributed by atoms with Crippen LogP contribution in [0.1, 0.15) is 74.4 Å². The zero-order valence-electron chi connectivity index (χ0n) is 30.3. The highest BCUT2D eigenvalue weighted by atomic mass is 16.5. The number of primary amides is 1. The van der Waals surface area contributed by atoms with Crippen molar-refractivity contribution >= 4 is 11.8 Å². The van der Waals surface area contributed by atoms with Crippen molar-refractivity contribution in [2.45, 2.75) is 79.2 Å². The van der Waals surface area contributed by atoms with Gasteiger partial charge in [0.2, 0.25) is 11.8 Å². The molecule has 9 nitrogen and oxygen atoms in total. The summed E-state index contributed by atoms with van der Waals surface area (Å²) in [4.78, 5) is 25.4. The van der Waals surface area contributed by atoms with Crippen LogP contribution in [-0.2, 0) is 20.7 Å². The van der Waals surface area contributed by atoms with Crippen LogP contribution >= 0.6 is 0 Å². The van der Waals surface area contributed by atoms with Gasteiger partial charge in [0.1, 0.15) is 0 Å². The van der Waals surface area contributed by atoms with Crippen LogP contribution < -0.4 is 26.3 Å². The molecule has 1 aromatic carbocycles. The minimum Gasteiger partial charge on any atom is -0.493 e. The van der Waals surface area contributed by atoms with Crippen molar-refractivity contribution in [2.24, 2.45) is 40.6 Å². The summed E-state index contributed by atoms with van der Waals surface area (Å²) in [6.07, 6.45) is 0.689. The van der Waals surface area contributed by atoms with Gasteiger partial charge in [-0.2, -0.15) is 0 Å². The number of hydrogen-bond donors (Lipinski definition) is 4. The molecular weight excluding hydrogens is 498 g/mol. The van der Waals surface area contributed by atoms with Crippen LogP contribution in [0, 0.1) is 29.1 Å². The summed E-state index contributed by atoms with van der Waals surface area (Å²) in [6, 6.07) is 5.06. The highest BCUT2D eigenvalue weighted by Crippen LogP contribution is 2.32. The smallest absolute Gasteiger partial charge is 0.224 e. The Morgan fingerprint density at radius 1 is 1.08 bits per heavy atom. The van der Waals surface area contributed by atoms with Gasteiger partial charge in [0.15, 0.2) is 11.5 Å². The van der Waals surface area contributed by atoms with Gasteiger partial charge >= 0.3 is 0 Å². The van der Waals surface area contributed by atoms with E-state index in [1.807, 2.05) is 18.2 Å². The molecule has 2 amide bonds. The van der Waals surface area contributed by atoms with Crippen LogP contribution in [0.25, 0.3) is 0 Å². The number of hydrogen-bond acceptors (Lipinski definition) is 7. The highest BCUT2D eigenvalue weighted by Gasteiger charge is 2.32. The van der Waals surface area contributed by atoms with Gasteiger partial charge in [-0.15, -0.1) is 0 Å². The SMILES string of the molecule is [2H]C([2H])([2H])C(CNC(=O)[C@H](C[C@@H](O)[C@H](N)C[C@H](Cc1ccc(OC)c(OCCCOC)c1)C(C)C)C(C)C)(C(N)=O)C([2H])([2H])[2H]. The van der Waals surface area contributed by atoms with Gasteiger partial charge in [-0.3, -0.25) is 9.59 Å². The summed E-state index contributed by atoms with van der Waals surface area (Å²) in [5, 5.41) is 13.4. The van der Waals surface area contributed by atoms with Gasteiger partial charge in [-0.05, 0) is 68.4 Å². The average Bonchev–Trinajstić information content (AvgIpc) is 2.91. The third-order valence-electron chi connectivity index (χ3n) is 7.07. The van der Waals surface area contributed by atoms with E-state index < -0.39 is 55.5 Å². The second kappa shape index (κ2) is 16.7. The quantitative estimate of drug-likeness (QED) is 0.191. The topological polar surface area (TPSA) is 146 Å². The van der Waals surface area contributed by atoms with Crippen LogP contribution in [0.4, 0.5) is 0 Å². The lowest BCUT2D eigenvalue weighted by Gasteiger charge is -2.30. The molecule has 0 bridgehead atoms. The highest BCUT2D eigenvalue weighted by molar-refractivity contribution is 5.83. The number of carbonyl (C=O) groups is 2. The number of nitrogens with two attached hydrogens (primary N) is 2. The molecule has 1 aromatic rings. The molecule has 0 unspecified atom stereocenters. The van der Waals surface area contributed by atoms with E-state index in [4.69, 9.17) is 33.9 Å². The third-order valence-corrected chi connectivity index (χ3v) is 7.07. The maximum absolute atomic E-state index is 13.2. The molecule has 0 radical (unpaired) electrons. The van der Waals surface area contributed by atoms with E-state index in [9.17, 15) is 14.7 Å². The van der Waals surface area contributed by atoms with E-state index in [2.05, 4.69) is 19.2 Å². The molecule has 0 fully saturated rings. The summed E-state index contributed by atoms with van der Waals surface area (Å²) >= 11 is 0. The molecule has 0 aliphatic heterocycles. The lowest BCUT2D eigenvalue weighted by atomic mass is 9.80. The zero-order valence-corrected chi connectivity index (χ0v) is 24.3. The van der Waals surface area contributed by atoms with Crippen molar-refractivity contribution < 1.29 is 37.1 Å². The van der Waals surface area contributed by atoms with Crippen molar-refractivity contribution in [3.8, 4) is 11.5 Å². The fraction of sp³-hybridized carbons (Fsp3) is 0.733. The van der Waals surface area contributed by atoms with Crippen LogP contribution in [0.3, 0.4) is 0 Å². The predicted octanol–water partition coefficient (Wildman–Crippen LogP) is 3.29. The molecule has 0 heterocycles. The Morgan fingerprint density at radius 3 is 2.31 bits per heavy atom. The molecule has 0 saturated heterocycles. The second-order valence-electron chi connectivity index (χ2n) is 10.9. The number of rotatable bonds is 19. The number of methoxy groups -OCH3 is 2. The first-order valence-corrected chi connectivity index (χ1v) is 13.5. The lowest BCUT2D eigenvalue weighted by Crippen LogP contribution is -2.46. The summed E-state index contributed by atoms with van der Waals surface area (Å²) in [5.74, 6) is -1.90. The van der Waals surface area contributed by atoms with E-state index in [1.54, 1.807) is 28.1 Å². The van der Waals surface area contributed by atoms with Crippen molar-refractivity contribution in [3.63, 3.8) is 0 Å². The lowest BCUT2D eigenvalue weighted by molar-refractivity contribution is -0.130. The second-order valence-corrected chi connectivity index (χ2v) is 10.9. The van der Waals surface area contributed by atoms with E-state index in [-0.39, 0.29) is 24.2 Å². The molecule has 6 N–H and O–H groups in total. The molecule has 0 aliphatic rings. The van der Waals surface area contributed by atoms with Gasteiger partial charge in [0.25, 0.3) is 0 Å². The van der Waals surface area contributed by atoms with Crippen LogP contribution in [0.15, 0.2) is 18.2 Å². The summed E-state index contributed by atoms with van der Waals surface area (Å²) in [6.45, 7) is 1.06. The van der Waals surface area contributed by atoms with Crippen LogP contribution in [0.2, 0.25) is 0 Å². The van der Waals surface area contributed by atoms with Crippen LogP contribution in [0.5, 0.6) is 11.5 Å². The Balaban J connectivity index is 3.03. The van der Waals surface area contributed by atoms with E-state index in [1.165, 1.54) is 0 Å². The molecule has 9 heteroatoms. The van der Waals surface area contributed by atoms with Crippen molar-refractivity contribution in [1.82, 2.24) is 5.32 Å². The number of amides is 2. The van der Waals surface area contributed by atoms with Gasteiger partial charge in [-0.25, -0.2) is 0 Å². The molecule has 0 spiro atoms. The maximum atomic E-state index is 13.2. The van der Waals surface area contributed by atoms with Crippen molar-refractivity contribution in [2.75, 3.05) is 34.0 Å². The van der Waals surface area contributed by atoms with Crippen molar-refractivity contribution in [3.05, 3.63) is 23.8 Å². The fourth-order valence-electron chi connectivity index (χ4n) is 4.30. The minimum absolute atomic E-state index is 0.0530. The molecule has 4 atom stereocenters. The average molecular weight is 558 g/mol. The molecule has 224 valence electrons. The number of aliphatic hydroxyl groups excluding tert-OH is 1. The Kier molecular flexibility index (Phi) is 10.9. The Morgan fingerprint density at radius 2 is 1.77 bits per heavy atom. The van der Waals surface area contributed by atoms with E-state index in [0.29, 0.717) is 37.6 Å². The summed E-state index contributed by atoms with van der Waals surface area (Å²) < 4.78 is 62.8. The molecule has 0 aromatic heterocycles.